The van der Waals surface area contributed by atoms with Crippen LogP contribution in [0.1, 0.15) is 35.7 Å². The number of nitrogens with zero attached hydrogens (tertiary/aromatic N) is 1. The summed E-state index contributed by atoms with van der Waals surface area (Å²) < 4.78 is 18.8. The highest BCUT2D eigenvalue weighted by atomic mass is 19.1. The Hall–Kier alpha value is -2.40. The highest BCUT2D eigenvalue weighted by molar-refractivity contribution is 5.94. The van der Waals surface area contributed by atoms with Gasteiger partial charge in [0, 0.05) is 30.8 Å². The van der Waals surface area contributed by atoms with Gasteiger partial charge in [0.2, 0.25) is 0 Å². The first-order chi connectivity index (χ1) is 12.5. The van der Waals surface area contributed by atoms with Gasteiger partial charge in [-0.1, -0.05) is 18.2 Å². The van der Waals surface area contributed by atoms with E-state index >= 15 is 0 Å². The van der Waals surface area contributed by atoms with E-state index in [9.17, 15) is 9.18 Å². The van der Waals surface area contributed by atoms with Crippen LogP contribution in [0.5, 0.6) is 5.75 Å². The highest BCUT2D eigenvalue weighted by Crippen LogP contribution is 2.21. The first-order valence-electron chi connectivity index (χ1n) is 9.05. The second-order valence-corrected chi connectivity index (χ2v) is 6.96. The van der Waals surface area contributed by atoms with Crippen molar-refractivity contribution in [2.45, 2.75) is 32.4 Å². The van der Waals surface area contributed by atoms with Crippen molar-refractivity contribution in [2.75, 3.05) is 13.1 Å². The lowest BCUT2D eigenvalue weighted by molar-refractivity contribution is 0.0661. The number of hydrogen-bond acceptors (Lipinski definition) is 3. The molecule has 0 spiro atoms. The third-order valence-corrected chi connectivity index (χ3v) is 4.86. The van der Waals surface area contributed by atoms with Crippen LogP contribution in [-0.2, 0) is 6.61 Å². The summed E-state index contributed by atoms with van der Waals surface area (Å²) >= 11 is 0. The Kier molecular flexibility index (Phi) is 5.89. The highest BCUT2D eigenvalue weighted by Gasteiger charge is 2.26. The van der Waals surface area contributed by atoms with E-state index in [1.54, 1.807) is 12.1 Å². The smallest absolute Gasteiger partial charge is 0.253 e. The Morgan fingerprint density at radius 1 is 1.31 bits per heavy atom. The SMILES string of the molecule is C[C@H](N)[C@@H]1CCCN(C(=O)c2cccc(COc3cccc(F)c3)c2)C1. The van der Waals surface area contributed by atoms with Crippen LogP contribution in [0, 0.1) is 11.7 Å². The van der Waals surface area contributed by atoms with Gasteiger partial charge >= 0.3 is 0 Å². The van der Waals surface area contributed by atoms with E-state index in [2.05, 4.69) is 0 Å². The molecule has 1 aliphatic heterocycles. The maximum Gasteiger partial charge on any atom is 0.253 e. The van der Waals surface area contributed by atoms with Crippen LogP contribution in [0.4, 0.5) is 4.39 Å². The maximum absolute atomic E-state index is 13.2. The largest absolute Gasteiger partial charge is 0.489 e. The van der Waals surface area contributed by atoms with Gasteiger partial charge in [-0.15, -0.1) is 0 Å². The number of amides is 1. The molecule has 26 heavy (non-hydrogen) atoms. The van der Waals surface area contributed by atoms with Gasteiger partial charge in [0.25, 0.3) is 5.91 Å². The molecule has 0 aromatic heterocycles. The Morgan fingerprint density at radius 2 is 2.12 bits per heavy atom. The number of carbonyl (C=O) groups is 1. The average Bonchev–Trinajstić information content (AvgIpc) is 2.66. The van der Waals surface area contributed by atoms with E-state index in [4.69, 9.17) is 10.5 Å². The number of halogens is 1. The molecule has 2 aromatic rings. The third-order valence-electron chi connectivity index (χ3n) is 4.86. The molecule has 2 N–H and O–H groups in total. The number of nitrogens with two attached hydrogens (primary N) is 1. The number of hydrogen-bond donors (Lipinski definition) is 1. The molecule has 1 amide bonds. The molecular weight excluding hydrogens is 331 g/mol. The molecule has 1 heterocycles. The minimum atomic E-state index is -0.333. The summed E-state index contributed by atoms with van der Waals surface area (Å²) in [6, 6.07) is 13.5. The maximum atomic E-state index is 13.2. The average molecular weight is 356 g/mol. The Morgan fingerprint density at radius 3 is 2.88 bits per heavy atom. The predicted molar refractivity (Wildman–Crippen MR) is 99.5 cm³/mol. The fraction of sp³-hybridized carbons (Fsp3) is 0.381. The minimum absolute atomic E-state index is 0.0305. The first kappa shape index (κ1) is 18.4. The molecule has 3 rings (SSSR count). The lowest BCUT2D eigenvalue weighted by Crippen LogP contribution is -2.45. The van der Waals surface area contributed by atoms with E-state index < -0.39 is 0 Å². The molecule has 1 aliphatic rings. The van der Waals surface area contributed by atoms with Gasteiger partial charge in [0.05, 0.1) is 0 Å². The van der Waals surface area contributed by atoms with Crippen molar-refractivity contribution >= 4 is 5.91 Å². The fourth-order valence-corrected chi connectivity index (χ4v) is 3.32. The molecule has 1 saturated heterocycles. The van der Waals surface area contributed by atoms with Gasteiger partial charge in [0.15, 0.2) is 0 Å². The zero-order chi connectivity index (χ0) is 18.5. The van der Waals surface area contributed by atoms with Crippen LogP contribution >= 0.6 is 0 Å². The van der Waals surface area contributed by atoms with Crippen molar-refractivity contribution in [2.24, 2.45) is 11.7 Å². The van der Waals surface area contributed by atoms with Crippen LogP contribution < -0.4 is 10.5 Å². The summed E-state index contributed by atoms with van der Waals surface area (Å²) in [5.74, 6) is 0.521. The van der Waals surface area contributed by atoms with Crippen LogP contribution in [0.2, 0.25) is 0 Å². The number of benzene rings is 2. The lowest BCUT2D eigenvalue weighted by Gasteiger charge is -2.34. The van der Waals surface area contributed by atoms with Crippen molar-refractivity contribution < 1.29 is 13.9 Å². The van der Waals surface area contributed by atoms with E-state index in [1.807, 2.05) is 36.1 Å². The second kappa shape index (κ2) is 8.32. The van der Waals surface area contributed by atoms with Gasteiger partial charge in [-0.25, -0.2) is 4.39 Å². The van der Waals surface area contributed by atoms with E-state index in [0.29, 0.717) is 23.8 Å². The summed E-state index contributed by atoms with van der Waals surface area (Å²) in [7, 11) is 0. The van der Waals surface area contributed by atoms with Gasteiger partial charge in [0.1, 0.15) is 18.2 Å². The molecule has 0 saturated carbocycles. The molecule has 5 heteroatoms. The number of rotatable bonds is 5. The lowest BCUT2D eigenvalue weighted by atomic mass is 9.92. The van der Waals surface area contributed by atoms with E-state index in [1.165, 1.54) is 12.1 Å². The Labute approximate surface area is 153 Å². The molecule has 2 atom stereocenters. The van der Waals surface area contributed by atoms with Gasteiger partial charge < -0.3 is 15.4 Å². The van der Waals surface area contributed by atoms with Crippen LogP contribution in [0.3, 0.4) is 0 Å². The predicted octanol–water partition coefficient (Wildman–Crippen LogP) is 3.60. The molecule has 2 aromatic carbocycles. The summed E-state index contributed by atoms with van der Waals surface area (Å²) in [5, 5.41) is 0. The molecule has 4 nitrogen and oxygen atoms in total. The Balaban J connectivity index is 1.65. The van der Waals surface area contributed by atoms with Crippen molar-refractivity contribution in [3.63, 3.8) is 0 Å². The number of ether oxygens (including phenoxy) is 1. The van der Waals surface area contributed by atoms with Crippen molar-refractivity contribution in [3.05, 3.63) is 65.5 Å². The number of piperidine rings is 1. The van der Waals surface area contributed by atoms with Gasteiger partial charge in [-0.2, -0.15) is 0 Å². The minimum Gasteiger partial charge on any atom is -0.489 e. The molecule has 0 aliphatic carbocycles. The molecule has 0 unspecified atom stereocenters. The van der Waals surface area contributed by atoms with Crippen molar-refractivity contribution in [1.29, 1.82) is 0 Å². The molecular formula is C21H25FN2O2. The summed E-state index contributed by atoms with van der Waals surface area (Å²) in [6.07, 6.45) is 2.06. The van der Waals surface area contributed by atoms with E-state index in [-0.39, 0.29) is 24.4 Å². The van der Waals surface area contributed by atoms with Crippen LogP contribution in [0.25, 0.3) is 0 Å². The zero-order valence-corrected chi connectivity index (χ0v) is 15.0. The van der Waals surface area contributed by atoms with Crippen molar-refractivity contribution in [1.82, 2.24) is 4.90 Å². The molecule has 1 fully saturated rings. The Bertz CT molecular complexity index is 763. The van der Waals surface area contributed by atoms with Crippen LogP contribution in [0.15, 0.2) is 48.5 Å². The fourth-order valence-electron chi connectivity index (χ4n) is 3.32. The third kappa shape index (κ3) is 4.61. The number of carbonyl (C=O) groups excluding carboxylic acids is 1. The second-order valence-electron chi connectivity index (χ2n) is 6.96. The van der Waals surface area contributed by atoms with Crippen molar-refractivity contribution in [3.8, 4) is 5.75 Å². The van der Waals surface area contributed by atoms with Crippen LogP contribution in [-0.4, -0.2) is 29.9 Å². The number of likely N-dealkylation sites (tertiary alicyclic amines) is 1. The quantitative estimate of drug-likeness (QED) is 0.890. The molecule has 0 bridgehead atoms. The summed E-state index contributed by atoms with van der Waals surface area (Å²) in [6.45, 7) is 3.77. The van der Waals surface area contributed by atoms with Gasteiger partial charge in [-0.3, -0.25) is 4.79 Å². The monoisotopic (exact) mass is 356 g/mol. The van der Waals surface area contributed by atoms with Gasteiger partial charge in [-0.05, 0) is 55.5 Å². The standard InChI is InChI=1S/C21H25FN2O2/c1-15(23)18-7-4-10-24(13-18)21(25)17-6-2-5-16(11-17)14-26-20-9-3-8-19(22)12-20/h2-3,5-6,8-9,11-12,15,18H,4,7,10,13-14,23H2,1H3/t15-,18+/m0/s1. The molecule has 138 valence electrons. The normalized spacial score (nSPS) is 18.4. The topological polar surface area (TPSA) is 55.6 Å². The van der Waals surface area contributed by atoms with E-state index in [0.717, 1.165) is 24.9 Å². The summed E-state index contributed by atoms with van der Waals surface area (Å²) in [4.78, 5) is 14.7. The zero-order valence-electron chi connectivity index (χ0n) is 15.0. The molecule has 0 radical (unpaired) electrons. The summed E-state index contributed by atoms with van der Waals surface area (Å²) in [5.41, 5.74) is 7.54. The first-order valence-corrected chi connectivity index (χ1v) is 9.05.